The van der Waals surface area contributed by atoms with Crippen LogP contribution in [0.15, 0.2) is 54.6 Å². The highest BCUT2D eigenvalue weighted by atomic mass is 32.2. The maximum atomic E-state index is 13.1. The third-order valence-electron chi connectivity index (χ3n) is 2.84. The summed E-state index contributed by atoms with van der Waals surface area (Å²) in [6, 6.07) is 13.1. The molecule has 122 valence electrons. The van der Waals surface area contributed by atoms with Crippen molar-refractivity contribution in [3.63, 3.8) is 0 Å². The topological polar surface area (TPSA) is 104 Å². The number of benzene rings is 2. The lowest BCUT2D eigenvalue weighted by Gasteiger charge is -2.19. The fourth-order valence-corrected chi connectivity index (χ4v) is 6.40. The van der Waals surface area contributed by atoms with E-state index in [1.165, 1.54) is 30.3 Å². The summed E-state index contributed by atoms with van der Waals surface area (Å²) in [4.78, 5) is 10.2. The maximum Gasteiger partial charge on any atom is 0.292 e. The number of sulfone groups is 1. The Morgan fingerprint density at radius 2 is 1.78 bits per heavy atom. The maximum absolute atomic E-state index is 13.1. The van der Waals surface area contributed by atoms with E-state index in [0.717, 1.165) is 12.3 Å². The van der Waals surface area contributed by atoms with Gasteiger partial charge in [-0.05, 0) is 18.2 Å². The van der Waals surface area contributed by atoms with Crippen LogP contribution in [0.4, 0.5) is 5.69 Å². The second-order valence-electron chi connectivity index (χ2n) is 4.91. The molecule has 2 aromatic carbocycles. The zero-order valence-corrected chi connectivity index (χ0v) is 13.9. The second-order valence-corrected chi connectivity index (χ2v) is 9.84. The third kappa shape index (κ3) is 4.64. The zero-order valence-electron chi connectivity index (χ0n) is 12.2. The van der Waals surface area contributed by atoms with E-state index in [4.69, 9.17) is 4.52 Å². The average Bonchev–Trinajstić information content (AvgIpc) is 2.46. The first-order chi connectivity index (χ1) is 10.7. The van der Waals surface area contributed by atoms with E-state index in [9.17, 15) is 23.1 Å². The molecule has 0 saturated carbocycles. The van der Waals surface area contributed by atoms with Crippen LogP contribution in [0.5, 0.6) is 5.75 Å². The summed E-state index contributed by atoms with van der Waals surface area (Å²) in [5.41, 5.74) is -0.923. The molecule has 0 amide bonds. The molecule has 2 rings (SSSR count). The lowest BCUT2D eigenvalue weighted by molar-refractivity contribution is -0.384. The Morgan fingerprint density at radius 3 is 2.35 bits per heavy atom. The highest BCUT2D eigenvalue weighted by Crippen LogP contribution is 2.47. The van der Waals surface area contributed by atoms with Crippen molar-refractivity contribution < 1.29 is 22.4 Å². The van der Waals surface area contributed by atoms with Crippen molar-refractivity contribution in [1.29, 1.82) is 0 Å². The van der Waals surface area contributed by atoms with Gasteiger partial charge in [-0.2, -0.15) is 0 Å². The first-order valence-electron chi connectivity index (χ1n) is 6.46. The standard InChI is InChI=1S/C14H14NO6PS/c1-23(19,20)11-22(18,14-8-3-2-4-9-14)21-13-7-5-6-12(10-13)15(16)17/h2-10H,11H2,1H3. The van der Waals surface area contributed by atoms with E-state index in [1.807, 2.05) is 0 Å². The van der Waals surface area contributed by atoms with E-state index in [1.54, 1.807) is 18.2 Å². The van der Waals surface area contributed by atoms with Gasteiger partial charge >= 0.3 is 0 Å². The van der Waals surface area contributed by atoms with Crippen LogP contribution in [-0.2, 0) is 14.4 Å². The number of hydrogen-bond acceptors (Lipinski definition) is 6. The minimum atomic E-state index is -3.78. The van der Waals surface area contributed by atoms with Gasteiger partial charge in [0.1, 0.15) is 11.2 Å². The van der Waals surface area contributed by atoms with Crippen molar-refractivity contribution in [3.8, 4) is 5.75 Å². The quantitative estimate of drug-likeness (QED) is 0.448. The van der Waals surface area contributed by atoms with E-state index < -0.39 is 27.6 Å². The molecule has 0 saturated heterocycles. The average molecular weight is 355 g/mol. The predicted octanol–water partition coefficient (Wildman–Crippen LogP) is 2.58. The predicted molar refractivity (Wildman–Crippen MR) is 87.1 cm³/mol. The van der Waals surface area contributed by atoms with Crippen LogP contribution in [0.3, 0.4) is 0 Å². The molecule has 0 spiro atoms. The number of nitro groups is 1. The second kappa shape index (κ2) is 6.52. The Balaban J connectivity index is 2.45. The SMILES string of the molecule is CS(=O)(=O)CP(=O)(Oc1cccc([N+](=O)[O-])c1)c1ccccc1. The molecular formula is C14H14NO6PS. The summed E-state index contributed by atoms with van der Waals surface area (Å²) in [5, 5.41) is 11.0. The molecule has 0 fully saturated rings. The minimum Gasteiger partial charge on any atom is -0.439 e. The molecule has 0 aromatic heterocycles. The fraction of sp³-hybridized carbons (Fsp3) is 0.143. The normalized spacial score (nSPS) is 14.0. The summed E-state index contributed by atoms with van der Waals surface area (Å²) < 4.78 is 41.8. The van der Waals surface area contributed by atoms with E-state index >= 15 is 0 Å². The van der Waals surface area contributed by atoms with Crippen molar-refractivity contribution in [2.24, 2.45) is 0 Å². The monoisotopic (exact) mass is 355 g/mol. The summed E-state index contributed by atoms with van der Waals surface area (Å²) >= 11 is 0. The number of rotatable bonds is 6. The molecule has 0 N–H and O–H groups in total. The molecule has 0 bridgehead atoms. The van der Waals surface area contributed by atoms with Gasteiger partial charge in [0.15, 0.2) is 9.84 Å². The number of hydrogen-bond donors (Lipinski definition) is 0. The highest BCUT2D eigenvalue weighted by molar-refractivity contribution is 7.99. The van der Waals surface area contributed by atoms with Crippen LogP contribution in [0.25, 0.3) is 0 Å². The minimum absolute atomic E-state index is 0.0185. The summed E-state index contributed by atoms with van der Waals surface area (Å²) in [6.07, 6.45) is 0.958. The Hall–Kier alpha value is -2.18. The third-order valence-corrected chi connectivity index (χ3v) is 7.66. The number of nitro benzene ring substituents is 1. The molecule has 0 heterocycles. The van der Waals surface area contributed by atoms with Gasteiger partial charge < -0.3 is 4.52 Å². The van der Waals surface area contributed by atoms with Crippen molar-refractivity contribution >= 4 is 28.2 Å². The fourth-order valence-electron chi connectivity index (χ4n) is 1.94. The molecule has 0 aliphatic heterocycles. The molecule has 9 heteroatoms. The summed E-state index contributed by atoms with van der Waals surface area (Å²) in [7, 11) is -7.37. The van der Waals surface area contributed by atoms with E-state index in [0.29, 0.717) is 0 Å². The van der Waals surface area contributed by atoms with Crippen molar-refractivity contribution in [2.75, 3.05) is 11.7 Å². The molecule has 0 radical (unpaired) electrons. The molecule has 0 aliphatic carbocycles. The Labute approximate surface area is 133 Å². The zero-order chi connectivity index (χ0) is 17.1. The number of nitrogens with zero attached hydrogens (tertiary/aromatic N) is 1. The largest absolute Gasteiger partial charge is 0.439 e. The first kappa shape index (κ1) is 17.2. The van der Waals surface area contributed by atoms with Gasteiger partial charge in [0, 0.05) is 17.6 Å². The lowest BCUT2D eigenvalue weighted by atomic mass is 10.3. The highest BCUT2D eigenvalue weighted by Gasteiger charge is 2.32. The molecule has 1 atom stereocenters. The van der Waals surface area contributed by atoms with Gasteiger partial charge in [-0.3, -0.25) is 14.7 Å². The van der Waals surface area contributed by atoms with Crippen LogP contribution in [-0.4, -0.2) is 25.1 Å². The lowest BCUT2D eigenvalue weighted by Crippen LogP contribution is -2.17. The van der Waals surface area contributed by atoms with Crippen LogP contribution >= 0.6 is 7.37 Å². The molecule has 23 heavy (non-hydrogen) atoms. The molecule has 7 nitrogen and oxygen atoms in total. The van der Waals surface area contributed by atoms with Gasteiger partial charge in [0.25, 0.3) is 13.1 Å². The van der Waals surface area contributed by atoms with Gasteiger partial charge in [-0.25, -0.2) is 8.42 Å². The molecular weight excluding hydrogens is 341 g/mol. The smallest absolute Gasteiger partial charge is 0.292 e. The van der Waals surface area contributed by atoms with Crippen LogP contribution in [0.1, 0.15) is 0 Å². The Morgan fingerprint density at radius 1 is 1.13 bits per heavy atom. The molecule has 1 unspecified atom stereocenters. The Kier molecular flexibility index (Phi) is 4.87. The van der Waals surface area contributed by atoms with E-state index in [-0.39, 0.29) is 16.7 Å². The Bertz CT molecular complexity index is 866. The molecule has 2 aromatic rings. The summed E-state index contributed by atoms with van der Waals surface area (Å²) in [5.74, 6) is -0.0185. The van der Waals surface area contributed by atoms with Gasteiger partial charge in [-0.15, -0.1) is 0 Å². The van der Waals surface area contributed by atoms with E-state index in [2.05, 4.69) is 0 Å². The van der Waals surface area contributed by atoms with Crippen molar-refractivity contribution in [1.82, 2.24) is 0 Å². The van der Waals surface area contributed by atoms with Crippen LogP contribution in [0, 0.1) is 10.1 Å². The first-order valence-corrected chi connectivity index (χ1v) is 10.3. The summed E-state index contributed by atoms with van der Waals surface area (Å²) in [6.45, 7) is 0. The van der Waals surface area contributed by atoms with Crippen molar-refractivity contribution in [3.05, 3.63) is 64.7 Å². The van der Waals surface area contributed by atoms with Crippen LogP contribution < -0.4 is 9.83 Å². The van der Waals surface area contributed by atoms with Gasteiger partial charge in [0.05, 0.1) is 11.0 Å². The van der Waals surface area contributed by atoms with Gasteiger partial charge in [-0.1, -0.05) is 24.3 Å². The van der Waals surface area contributed by atoms with Crippen molar-refractivity contribution in [2.45, 2.75) is 0 Å². The van der Waals surface area contributed by atoms with Gasteiger partial charge in [0.2, 0.25) is 0 Å². The molecule has 0 aliphatic rings. The van der Waals surface area contributed by atoms with Crippen LogP contribution in [0.2, 0.25) is 0 Å². The number of non-ortho nitro benzene ring substituents is 1.